The molecular weight excluding hydrogens is 340 g/mol. The molecule has 3 heterocycles. The Morgan fingerprint density at radius 2 is 1.84 bits per heavy atom. The second-order valence-corrected chi connectivity index (χ2v) is 6.38. The number of aromatic nitrogens is 4. The summed E-state index contributed by atoms with van der Waals surface area (Å²) in [4.78, 5) is 14.9. The molecule has 2 N–H and O–H groups in total. The van der Waals surface area contributed by atoms with Gasteiger partial charge in [-0.25, -0.2) is 4.98 Å². The summed E-state index contributed by atoms with van der Waals surface area (Å²) in [6, 6.07) is 11.6. The quantitative estimate of drug-likeness (QED) is 0.720. The van der Waals surface area contributed by atoms with Crippen molar-refractivity contribution in [2.45, 2.75) is 18.8 Å². The molecule has 0 unspecified atom stereocenters. The highest BCUT2D eigenvalue weighted by molar-refractivity contribution is 6.29. The zero-order valence-electron chi connectivity index (χ0n) is 13.5. The molecule has 3 aromatic rings. The van der Waals surface area contributed by atoms with Gasteiger partial charge in [-0.1, -0.05) is 47.1 Å². The number of hydrogen-bond acceptors (Lipinski definition) is 7. The van der Waals surface area contributed by atoms with Gasteiger partial charge in [-0.15, -0.1) is 0 Å². The minimum absolute atomic E-state index is 0.189. The molecule has 1 saturated heterocycles. The lowest BCUT2D eigenvalue weighted by molar-refractivity contribution is 0.329. The average Bonchev–Trinajstić information content (AvgIpc) is 3.12. The van der Waals surface area contributed by atoms with Crippen molar-refractivity contribution < 1.29 is 4.52 Å². The Kier molecular flexibility index (Phi) is 4.23. The summed E-state index contributed by atoms with van der Waals surface area (Å²) in [5, 5.41) is 4.46. The van der Waals surface area contributed by atoms with Gasteiger partial charge >= 0.3 is 0 Å². The van der Waals surface area contributed by atoms with Gasteiger partial charge in [0.05, 0.1) is 0 Å². The van der Waals surface area contributed by atoms with Gasteiger partial charge in [0, 0.05) is 30.6 Å². The Morgan fingerprint density at radius 1 is 1.08 bits per heavy atom. The maximum Gasteiger partial charge on any atom is 0.230 e. The van der Waals surface area contributed by atoms with E-state index >= 15 is 0 Å². The molecule has 25 heavy (non-hydrogen) atoms. The summed E-state index contributed by atoms with van der Waals surface area (Å²) in [7, 11) is 0. The molecule has 1 fully saturated rings. The van der Waals surface area contributed by atoms with Crippen LogP contribution in [0.2, 0.25) is 5.15 Å². The van der Waals surface area contributed by atoms with Crippen molar-refractivity contribution in [3.63, 3.8) is 0 Å². The van der Waals surface area contributed by atoms with E-state index in [0.717, 1.165) is 37.3 Å². The number of nitrogen functional groups attached to an aromatic ring is 1. The third kappa shape index (κ3) is 3.41. The number of hydrogen-bond donors (Lipinski definition) is 1. The van der Waals surface area contributed by atoms with E-state index in [4.69, 9.17) is 21.9 Å². The fraction of sp³-hybridized carbons (Fsp3) is 0.294. The van der Waals surface area contributed by atoms with Crippen molar-refractivity contribution >= 4 is 23.4 Å². The molecule has 0 aliphatic carbocycles. The number of piperidine rings is 1. The van der Waals surface area contributed by atoms with Gasteiger partial charge in [0.1, 0.15) is 11.0 Å². The second-order valence-electron chi connectivity index (χ2n) is 5.99. The largest absolute Gasteiger partial charge is 0.368 e. The Bertz CT molecular complexity index is 840. The fourth-order valence-electron chi connectivity index (χ4n) is 3.05. The topological polar surface area (TPSA) is 94.0 Å². The standard InChI is InChI=1S/C17H17ClN6O/c18-13-10-14(21-17(19)20-13)24-8-6-12(7-9-24)16-22-15(23-25-16)11-4-2-1-3-5-11/h1-5,10,12H,6-9H2,(H2,19,20,21). The monoisotopic (exact) mass is 356 g/mol. The summed E-state index contributed by atoms with van der Waals surface area (Å²) in [6.07, 6.45) is 1.80. The number of nitrogens with two attached hydrogens (primary N) is 1. The van der Waals surface area contributed by atoms with Gasteiger partial charge in [0.25, 0.3) is 0 Å². The highest BCUT2D eigenvalue weighted by atomic mass is 35.5. The van der Waals surface area contributed by atoms with Crippen LogP contribution in [0.1, 0.15) is 24.7 Å². The van der Waals surface area contributed by atoms with E-state index in [-0.39, 0.29) is 11.9 Å². The van der Waals surface area contributed by atoms with Crippen molar-refractivity contribution in [1.82, 2.24) is 20.1 Å². The molecule has 4 rings (SSSR count). The lowest BCUT2D eigenvalue weighted by Crippen LogP contribution is -2.33. The molecule has 128 valence electrons. The molecule has 0 saturated carbocycles. The van der Waals surface area contributed by atoms with E-state index in [1.165, 1.54) is 0 Å². The molecule has 2 aromatic heterocycles. The first kappa shape index (κ1) is 15.8. The third-order valence-electron chi connectivity index (χ3n) is 4.34. The smallest absolute Gasteiger partial charge is 0.230 e. The molecule has 1 aromatic carbocycles. The molecule has 0 spiro atoms. The first-order chi connectivity index (χ1) is 12.2. The lowest BCUT2D eigenvalue weighted by atomic mass is 9.97. The molecule has 0 bridgehead atoms. The van der Waals surface area contributed by atoms with Crippen LogP contribution in [0.4, 0.5) is 11.8 Å². The van der Waals surface area contributed by atoms with Gasteiger partial charge < -0.3 is 15.2 Å². The molecule has 0 atom stereocenters. The Balaban J connectivity index is 1.45. The van der Waals surface area contributed by atoms with Gasteiger partial charge in [-0.05, 0) is 12.8 Å². The van der Waals surface area contributed by atoms with Crippen LogP contribution < -0.4 is 10.6 Å². The Hall–Kier alpha value is -2.67. The van der Waals surface area contributed by atoms with Gasteiger partial charge in [-0.3, -0.25) is 0 Å². The van der Waals surface area contributed by atoms with Crippen LogP contribution in [0.25, 0.3) is 11.4 Å². The molecule has 8 heteroatoms. The number of rotatable bonds is 3. The normalized spacial score (nSPS) is 15.5. The van der Waals surface area contributed by atoms with Crippen LogP contribution in [0.15, 0.2) is 40.9 Å². The molecule has 0 radical (unpaired) electrons. The van der Waals surface area contributed by atoms with Crippen molar-refractivity contribution in [2.75, 3.05) is 23.7 Å². The SMILES string of the molecule is Nc1nc(Cl)cc(N2CCC(c3nc(-c4ccccc4)no3)CC2)n1. The van der Waals surface area contributed by atoms with Crippen LogP contribution in [0, 0.1) is 0 Å². The van der Waals surface area contributed by atoms with E-state index in [0.29, 0.717) is 16.9 Å². The average molecular weight is 357 g/mol. The van der Waals surface area contributed by atoms with E-state index in [1.54, 1.807) is 6.07 Å². The summed E-state index contributed by atoms with van der Waals surface area (Å²) in [5.41, 5.74) is 6.64. The van der Waals surface area contributed by atoms with Crippen LogP contribution in [0.5, 0.6) is 0 Å². The van der Waals surface area contributed by atoms with Gasteiger partial charge in [-0.2, -0.15) is 9.97 Å². The molecular formula is C17H17ClN6O. The maximum absolute atomic E-state index is 5.96. The van der Waals surface area contributed by atoms with Crippen LogP contribution in [0.3, 0.4) is 0 Å². The summed E-state index contributed by atoms with van der Waals surface area (Å²) >= 11 is 5.96. The van der Waals surface area contributed by atoms with E-state index in [1.807, 2.05) is 30.3 Å². The zero-order chi connectivity index (χ0) is 17.2. The van der Waals surface area contributed by atoms with Crippen LogP contribution >= 0.6 is 11.6 Å². The number of nitrogens with zero attached hydrogens (tertiary/aromatic N) is 5. The fourth-order valence-corrected chi connectivity index (χ4v) is 3.23. The van der Waals surface area contributed by atoms with Crippen LogP contribution in [-0.2, 0) is 0 Å². The van der Waals surface area contributed by atoms with E-state index < -0.39 is 0 Å². The van der Waals surface area contributed by atoms with Crippen molar-refractivity contribution in [1.29, 1.82) is 0 Å². The van der Waals surface area contributed by atoms with Gasteiger partial charge in [0.15, 0.2) is 0 Å². The molecule has 1 aliphatic heterocycles. The highest BCUT2D eigenvalue weighted by Crippen LogP contribution is 2.30. The Morgan fingerprint density at radius 3 is 2.56 bits per heavy atom. The highest BCUT2D eigenvalue weighted by Gasteiger charge is 2.26. The summed E-state index contributed by atoms with van der Waals surface area (Å²) in [5.74, 6) is 2.52. The van der Waals surface area contributed by atoms with Crippen LogP contribution in [-0.4, -0.2) is 33.2 Å². The predicted molar refractivity (Wildman–Crippen MR) is 95.4 cm³/mol. The first-order valence-electron chi connectivity index (χ1n) is 8.13. The zero-order valence-corrected chi connectivity index (χ0v) is 14.2. The van der Waals surface area contributed by atoms with E-state index in [2.05, 4.69) is 25.0 Å². The van der Waals surface area contributed by atoms with Crippen molar-refractivity contribution in [2.24, 2.45) is 0 Å². The van der Waals surface area contributed by atoms with Crippen molar-refractivity contribution in [3.8, 4) is 11.4 Å². The van der Waals surface area contributed by atoms with E-state index in [9.17, 15) is 0 Å². The second kappa shape index (κ2) is 6.68. The maximum atomic E-state index is 5.96. The summed E-state index contributed by atoms with van der Waals surface area (Å²) in [6.45, 7) is 1.64. The van der Waals surface area contributed by atoms with Crippen molar-refractivity contribution in [3.05, 3.63) is 47.4 Å². The Labute approximate surface area is 149 Å². The minimum Gasteiger partial charge on any atom is -0.368 e. The number of anilines is 2. The lowest BCUT2D eigenvalue weighted by Gasteiger charge is -2.31. The minimum atomic E-state index is 0.189. The molecule has 0 amide bonds. The number of halogens is 1. The molecule has 7 nitrogen and oxygen atoms in total. The first-order valence-corrected chi connectivity index (χ1v) is 8.51. The third-order valence-corrected chi connectivity index (χ3v) is 4.53. The predicted octanol–water partition coefficient (Wildman–Crippen LogP) is 3.15. The van der Waals surface area contributed by atoms with Gasteiger partial charge in [0.2, 0.25) is 17.7 Å². The number of benzene rings is 1. The summed E-state index contributed by atoms with van der Waals surface area (Å²) < 4.78 is 5.49. The molecule has 1 aliphatic rings.